The highest BCUT2D eigenvalue weighted by Crippen LogP contribution is 2.25. The Morgan fingerprint density at radius 3 is 2.30 bits per heavy atom. The minimum atomic E-state index is -0.495. The lowest BCUT2D eigenvalue weighted by atomic mass is 9.95. The van der Waals surface area contributed by atoms with Crippen molar-refractivity contribution in [2.75, 3.05) is 39.3 Å². The molecule has 0 radical (unpaired) electrons. The first-order valence-corrected chi connectivity index (χ1v) is 12.7. The van der Waals surface area contributed by atoms with Crippen LogP contribution in [-0.2, 0) is 16.1 Å². The summed E-state index contributed by atoms with van der Waals surface area (Å²) in [5.74, 6) is 0.237. The molecule has 33 heavy (non-hydrogen) atoms. The van der Waals surface area contributed by atoms with Gasteiger partial charge in [0, 0.05) is 62.7 Å². The van der Waals surface area contributed by atoms with E-state index in [1.807, 2.05) is 43.9 Å². The number of amides is 2. The Bertz CT molecular complexity index is 940. The van der Waals surface area contributed by atoms with Crippen LogP contribution in [0, 0.1) is 5.92 Å². The van der Waals surface area contributed by atoms with Gasteiger partial charge in [-0.2, -0.15) is 0 Å². The van der Waals surface area contributed by atoms with Crippen LogP contribution in [0.25, 0.3) is 10.6 Å². The number of piperidine rings is 1. The van der Waals surface area contributed by atoms with E-state index in [1.54, 1.807) is 16.2 Å². The number of likely N-dealkylation sites (tertiary alicyclic amines) is 1. The van der Waals surface area contributed by atoms with E-state index in [1.165, 1.54) is 0 Å². The monoisotopic (exact) mass is 470 g/mol. The molecule has 2 fully saturated rings. The number of thiazole rings is 1. The van der Waals surface area contributed by atoms with E-state index >= 15 is 0 Å². The first kappa shape index (κ1) is 23.7. The number of hydrogen-bond acceptors (Lipinski definition) is 6. The van der Waals surface area contributed by atoms with E-state index in [4.69, 9.17) is 9.72 Å². The first-order chi connectivity index (χ1) is 15.8. The SMILES string of the molecule is CC(C)(C)OC(=O)N1CCC(C(=O)N2CCN(Cc3csc(-c4ccccc4)n3)CC2)CC1. The van der Waals surface area contributed by atoms with Crippen molar-refractivity contribution in [1.82, 2.24) is 19.7 Å². The van der Waals surface area contributed by atoms with Gasteiger partial charge in [-0.1, -0.05) is 30.3 Å². The average molecular weight is 471 g/mol. The van der Waals surface area contributed by atoms with Crippen molar-refractivity contribution in [1.29, 1.82) is 0 Å². The minimum absolute atomic E-state index is 0.00204. The largest absolute Gasteiger partial charge is 0.444 e. The van der Waals surface area contributed by atoms with E-state index < -0.39 is 5.60 Å². The van der Waals surface area contributed by atoms with Crippen LogP contribution in [0.3, 0.4) is 0 Å². The fraction of sp³-hybridized carbons (Fsp3) is 0.560. The van der Waals surface area contributed by atoms with Crippen LogP contribution in [0.5, 0.6) is 0 Å². The quantitative estimate of drug-likeness (QED) is 0.673. The summed E-state index contributed by atoms with van der Waals surface area (Å²) in [6.07, 6.45) is 1.14. The topological polar surface area (TPSA) is 66.0 Å². The van der Waals surface area contributed by atoms with Crippen molar-refractivity contribution in [3.8, 4) is 10.6 Å². The highest BCUT2D eigenvalue weighted by atomic mass is 32.1. The van der Waals surface area contributed by atoms with Gasteiger partial charge in [0.1, 0.15) is 10.6 Å². The van der Waals surface area contributed by atoms with E-state index in [2.05, 4.69) is 22.4 Å². The van der Waals surface area contributed by atoms with E-state index in [9.17, 15) is 9.59 Å². The van der Waals surface area contributed by atoms with Gasteiger partial charge in [0.25, 0.3) is 0 Å². The molecule has 2 saturated heterocycles. The molecule has 1 aromatic carbocycles. The second-order valence-corrected chi connectivity index (χ2v) is 10.7. The van der Waals surface area contributed by atoms with Gasteiger partial charge in [-0.05, 0) is 33.6 Å². The molecule has 178 valence electrons. The van der Waals surface area contributed by atoms with Crippen LogP contribution in [-0.4, -0.2) is 76.6 Å². The van der Waals surface area contributed by atoms with Gasteiger partial charge in [-0.25, -0.2) is 9.78 Å². The molecule has 4 rings (SSSR count). The maximum atomic E-state index is 13.0. The lowest BCUT2D eigenvalue weighted by Crippen LogP contribution is -2.51. The molecule has 3 heterocycles. The lowest BCUT2D eigenvalue weighted by Gasteiger charge is -2.38. The Morgan fingerprint density at radius 1 is 1.00 bits per heavy atom. The summed E-state index contributed by atoms with van der Waals surface area (Å²) >= 11 is 1.68. The summed E-state index contributed by atoms with van der Waals surface area (Å²) in [6, 6.07) is 10.3. The molecule has 0 atom stereocenters. The van der Waals surface area contributed by atoms with Crippen molar-refractivity contribution in [3.05, 3.63) is 41.4 Å². The fourth-order valence-corrected chi connectivity index (χ4v) is 5.16. The minimum Gasteiger partial charge on any atom is -0.444 e. The predicted octanol–water partition coefficient (Wildman–Crippen LogP) is 4.10. The number of aromatic nitrogens is 1. The van der Waals surface area contributed by atoms with Crippen molar-refractivity contribution in [3.63, 3.8) is 0 Å². The van der Waals surface area contributed by atoms with E-state index in [0.29, 0.717) is 25.9 Å². The molecule has 0 saturated carbocycles. The molecule has 0 bridgehead atoms. The van der Waals surface area contributed by atoms with Gasteiger partial charge in [-0.3, -0.25) is 9.69 Å². The van der Waals surface area contributed by atoms with Gasteiger partial charge < -0.3 is 14.5 Å². The zero-order chi connectivity index (χ0) is 23.4. The number of hydrogen-bond donors (Lipinski definition) is 0. The Hall–Kier alpha value is -2.45. The van der Waals surface area contributed by atoms with Crippen molar-refractivity contribution >= 4 is 23.3 Å². The van der Waals surface area contributed by atoms with Crippen LogP contribution < -0.4 is 0 Å². The van der Waals surface area contributed by atoms with E-state index in [0.717, 1.165) is 49.0 Å². The molecule has 0 aliphatic carbocycles. The van der Waals surface area contributed by atoms with Gasteiger partial charge >= 0.3 is 6.09 Å². The maximum Gasteiger partial charge on any atom is 0.410 e. The number of carbonyl (C=O) groups is 2. The van der Waals surface area contributed by atoms with Gasteiger partial charge in [0.15, 0.2) is 0 Å². The fourth-order valence-electron chi connectivity index (χ4n) is 4.34. The molecule has 0 spiro atoms. The smallest absolute Gasteiger partial charge is 0.410 e. The van der Waals surface area contributed by atoms with Crippen molar-refractivity contribution in [2.24, 2.45) is 5.92 Å². The van der Waals surface area contributed by atoms with Crippen LogP contribution in [0.1, 0.15) is 39.3 Å². The number of benzene rings is 1. The summed E-state index contributed by atoms with van der Waals surface area (Å²) in [5, 5.41) is 3.19. The highest BCUT2D eigenvalue weighted by molar-refractivity contribution is 7.13. The van der Waals surface area contributed by atoms with Gasteiger partial charge in [0.05, 0.1) is 5.69 Å². The standard InChI is InChI=1S/C25H34N4O3S/c1-25(2,3)32-24(31)29-11-9-20(10-12-29)23(30)28-15-13-27(14-16-28)17-21-18-33-22(26-21)19-7-5-4-6-8-19/h4-8,18,20H,9-17H2,1-3H3. The number of carbonyl (C=O) groups excluding carboxylic acids is 2. The van der Waals surface area contributed by atoms with E-state index in [-0.39, 0.29) is 17.9 Å². The average Bonchev–Trinajstić information content (AvgIpc) is 3.27. The molecular formula is C25H34N4O3S. The molecule has 2 aliphatic rings. The molecule has 2 amide bonds. The third-order valence-electron chi connectivity index (χ3n) is 6.14. The molecule has 2 aliphatic heterocycles. The summed E-state index contributed by atoms with van der Waals surface area (Å²) in [7, 11) is 0. The first-order valence-electron chi connectivity index (χ1n) is 11.8. The number of ether oxygens (including phenoxy) is 1. The number of rotatable bonds is 4. The molecular weight excluding hydrogens is 436 g/mol. The zero-order valence-electron chi connectivity index (χ0n) is 19.8. The predicted molar refractivity (Wildman–Crippen MR) is 130 cm³/mol. The highest BCUT2D eigenvalue weighted by Gasteiger charge is 2.33. The van der Waals surface area contributed by atoms with Crippen molar-refractivity contribution in [2.45, 2.75) is 45.8 Å². The Kier molecular flexibility index (Phi) is 7.34. The molecule has 2 aromatic rings. The van der Waals surface area contributed by atoms with Crippen molar-refractivity contribution < 1.29 is 14.3 Å². The number of nitrogens with zero attached hydrogens (tertiary/aromatic N) is 4. The summed E-state index contributed by atoms with van der Waals surface area (Å²) in [5.41, 5.74) is 1.75. The third kappa shape index (κ3) is 6.32. The van der Waals surface area contributed by atoms with Crippen LogP contribution in [0.4, 0.5) is 4.79 Å². The Balaban J connectivity index is 1.21. The van der Waals surface area contributed by atoms with Crippen LogP contribution >= 0.6 is 11.3 Å². The Morgan fingerprint density at radius 2 is 1.67 bits per heavy atom. The second kappa shape index (κ2) is 10.2. The Labute approximate surface area is 200 Å². The molecule has 0 N–H and O–H groups in total. The lowest BCUT2D eigenvalue weighted by molar-refractivity contribution is -0.139. The second-order valence-electron chi connectivity index (χ2n) is 9.85. The summed E-state index contributed by atoms with van der Waals surface area (Å²) < 4.78 is 5.46. The summed E-state index contributed by atoms with van der Waals surface area (Å²) in [4.78, 5) is 36.2. The third-order valence-corrected chi connectivity index (χ3v) is 7.08. The summed E-state index contributed by atoms with van der Waals surface area (Å²) in [6.45, 7) is 10.8. The maximum absolute atomic E-state index is 13.0. The van der Waals surface area contributed by atoms with Crippen LogP contribution in [0.2, 0.25) is 0 Å². The molecule has 1 aromatic heterocycles. The molecule has 8 heteroatoms. The van der Waals surface area contributed by atoms with Crippen LogP contribution in [0.15, 0.2) is 35.7 Å². The van der Waals surface area contributed by atoms with Gasteiger partial charge in [-0.15, -0.1) is 11.3 Å². The number of piperazine rings is 1. The molecule has 0 unspecified atom stereocenters. The van der Waals surface area contributed by atoms with Gasteiger partial charge in [0.2, 0.25) is 5.91 Å². The normalized spacial score (nSPS) is 18.4. The molecule has 7 nitrogen and oxygen atoms in total. The zero-order valence-corrected chi connectivity index (χ0v) is 20.6.